The summed E-state index contributed by atoms with van der Waals surface area (Å²) in [5.41, 5.74) is 0. The van der Waals surface area contributed by atoms with Crippen LogP contribution in [0.3, 0.4) is 0 Å². The lowest BCUT2D eigenvalue weighted by Gasteiger charge is -2.23. The Labute approximate surface area is 136 Å². The van der Waals surface area contributed by atoms with E-state index in [-0.39, 0.29) is 18.4 Å². The van der Waals surface area contributed by atoms with Crippen LogP contribution >= 0.6 is 11.6 Å². The minimum absolute atomic E-state index is 0.0338. The topological polar surface area (TPSA) is 75.4 Å². The average Bonchev–Trinajstić information content (AvgIpc) is 2.86. The van der Waals surface area contributed by atoms with Gasteiger partial charge < -0.3 is 14.7 Å². The van der Waals surface area contributed by atoms with Gasteiger partial charge in [0.15, 0.2) is 5.82 Å². The maximum atomic E-state index is 12.1. The zero-order chi connectivity index (χ0) is 16.5. The van der Waals surface area contributed by atoms with Crippen LogP contribution in [0.2, 0.25) is 0 Å². The third-order valence-corrected chi connectivity index (χ3v) is 3.35. The van der Waals surface area contributed by atoms with Crippen molar-refractivity contribution in [3.05, 3.63) is 11.8 Å². The fourth-order valence-corrected chi connectivity index (χ4v) is 2.17. The average molecular weight is 330 g/mol. The third-order valence-electron chi connectivity index (χ3n) is 3.16. The number of nitrogens with one attached hydrogen (secondary N) is 1. The van der Waals surface area contributed by atoms with Gasteiger partial charge in [-0.3, -0.25) is 9.59 Å². The Kier molecular flexibility index (Phi) is 7.95. The number of carbonyl (C=O) groups is 2. The lowest BCUT2D eigenvalue weighted by Crippen LogP contribution is -2.41. The normalized spacial score (nSPS) is 12.0. The van der Waals surface area contributed by atoms with E-state index in [2.05, 4.69) is 17.4 Å². The van der Waals surface area contributed by atoms with Crippen molar-refractivity contribution in [2.75, 3.05) is 18.4 Å². The molecule has 124 valence electrons. The van der Waals surface area contributed by atoms with Gasteiger partial charge in [0.2, 0.25) is 11.8 Å². The Bertz CT molecular complexity index is 488. The SMILES string of the molecule is CCCCCCN(CC(=O)Nc1cc(C)on1)C(=O)[C@@H](C)Cl. The second-order valence-corrected chi connectivity index (χ2v) is 5.96. The number of anilines is 1. The zero-order valence-corrected chi connectivity index (χ0v) is 14.2. The molecule has 6 nitrogen and oxygen atoms in total. The highest BCUT2D eigenvalue weighted by Gasteiger charge is 2.21. The maximum absolute atomic E-state index is 12.1. The van der Waals surface area contributed by atoms with Crippen molar-refractivity contribution in [3.63, 3.8) is 0 Å². The Balaban J connectivity index is 2.54. The van der Waals surface area contributed by atoms with E-state index in [1.165, 1.54) is 4.90 Å². The van der Waals surface area contributed by atoms with Crippen molar-refractivity contribution in [2.24, 2.45) is 0 Å². The van der Waals surface area contributed by atoms with Crippen LogP contribution < -0.4 is 5.32 Å². The molecule has 1 N–H and O–H groups in total. The van der Waals surface area contributed by atoms with Gasteiger partial charge in [0, 0.05) is 12.6 Å². The van der Waals surface area contributed by atoms with Gasteiger partial charge in [0.05, 0.1) is 6.54 Å². The van der Waals surface area contributed by atoms with E-state index in [9.17, 15) is 9.59 Å². The minimum atomic E-state index is -0.645. The molecule has 0 aromatic carbocycles. The summed E-state index contributed by atoms with van der Waals surface area (Å²) in [4.78, 5) is 25.6. The molecule has 1 aromatic rings. The van der Waals surface area contributed by atoms with Crippen molar-refractivity contribution in [1.82, 2.24) is 10.1 Å². The fraction of sp³-hybridized carbons (Fsp3) is 0.667. The van der Waals surface area contributed by atoms with E-state index in [1.54, 1.807) is 19.9 Å². The number of aromatic nitrogens is 1. The number of aryl methyl sites for hydroxylation is 1. The summed E-state index contributed by atoms with van der Waals surface area (Å²) in [6, 6.07) is 1.62. The molecule has 1 rings (SSSR count). The van der Waals surface area contributed by atoms with E-state index >= 15 is 0 Å². The Hall–Kier alpha value is -1.56. The third kappa shape index (κ3) is 6.47. The van der Waals surface area contributed by atoms with Crippen LogP contribution in [0, 0.1) is 6.92 Å². The first kappa shape index (κ1) is 18.5. The van der Waals surface area contributed by atoms with Crippen LogP contribution in [0.4, 0.5) is 5.82 Å². The molecular formula is C15H24ClN3O3. The number of halogens is 1. The van der Waals surface area contributed by atoms with E-state index in [0.29, 0.717) is 18.1 Å². The van der Waals surface area contributed by atoms with Crippen LogP contribution in [0.15, 0.2) is 10.6 Å². The van der Waals surface area contributed by atoms with Gasteiger partial charge in [-0.05, 0) is 20.3 Å². The smallest absolute Gasteiger partial charge is 0.245 e. The molecule has 0 spiro atoms. The number of hydrogen-bond acceptors (Lipinski definition) is 4. The number of nitrogens with zero attached hydrogens (tertiary/aromatic N) is 2. The molecule has 0 unspecified atom stereocenters. The summed E-state index contributed by atoms with van der Waals surface area (Å²) in [6.45, 7) is 5.97. The van der Waals surface area contributed by atoms with Gasteiger partial charge >= 0.3 is 0 Å². The van der Waals surface area contributed by atoms with Crippen molar-refractivity contribution in [1.29, 1.82) is 0 Å². The molecule has 0 aliphatic rings. The predicted molar refractivity (Wildman–Crippen MR) is 85.9 cm³/mol. The summed E-state index contributed by atoms with van der Waals surface area (Å²) in [6.07, 6.45) is 4.12. The van der Waals surface area contributed by atoms with E-state index in [1.807, 2.05) is 0 Å². The Morgan fingerprint density at radius 1 is 1.41 bits per heavy atom. The van der Waals surface area contributed by atoms with Crippen LogP contribution in [0.5, 0.6) is 0 Å². The minimum Gasteiger partial charge on any atom is -0.360 e. The van der Waals surface area contributed by atoms with Gasteiger partial charge in [-0.25, -0.2) is 0 Å². The molecule has 0 bridgehead atoms. The molecule has 0 aliphatic heterocycles. The second kappa shape index (κ2) is 9.46. The summed E-state index contributed by atoms with van der Waals surface area (Å²) in [5, 5.41) is 5.66. The van der Waals surface area contributed by atoms with Crippen molar-refractivity contribution in [3.8, 4) is 0 Å². The number of carbonyl (C=O) groups excluding carboxylic acids is 2. The molecular weight excluding hydrogens is 306 g/mol. The number of amides is 2. The van der Waals surface area contributed by atoms with Gasteiger partial charge in [-0.15, -0.1) is 11.6 Å². The number of hydrogen-bond donors (Lipinski definition) is 1. The molecule has 7 heteroatoms. The molecule has 0 aliphatic carbocycles. The van der Waals surface area contributed by atoms with Crippen molar-refractivity contribution in [2.45, 2.75) is 51.8 Å². The monoisotopic (exact) mass is 329 g/mol. The molecule has 22 heavy (non-hydrogen) atoms. The Morgan fingerprint density at radius 2 is 2.14 bits per heavy atom. The van der Waals surface area contributed by atoms with E-state index in [4.69, 9.17) is 16.1 Å². The van der Waals surface area contributed by atoms with Crippen LogP contribution in [-0.4, -0.2) is 40.3 Å². The summed E-state index contributed by atoms with van der Waals surface area (Å²) in [7, 11) is 0. The number of alkyl halides is 1. The standard InChI is InChI=1S/C15H24ClN3O3/c1-4-5-6-7-8-19(15(21)12(3)16)10-14(20)17-13-9-11(2)22-18-13/h9,12H,4-8,10H2,1-3H3,(H,17,18,20)/t12-/m1/s1. The first-order valence-corrected chi connectivity index (χ1v) is 8.03. The number of unbranched alkanes of at least 4 members (excludes halogenated alkanes) is 3. The molecule has 0 saturated heterocycles. The molecule has 1 aromatic heterocycles. The Morgan fingerprint density at radius 3 is 2.68 bits per heavy atom. The van der Waals surface area contributed by atoms with E-state index in [0.717, 1.165) is 25.7 Å². The maximum Gasteiger partial charge on any atom is 0.245 e. The van der Waals surface area contributed by atoms with Crippen molar-refractivity contribution >= 4 is 29.2 Å². The van der Waals surface area contributed by atoms with E-state index < -0.39 is 5.38 Å². The largest absolute Gasteiger partial charge is 0.360 e. The molecule has 0 radical (unpaired) electrons. The van der Waals surface area contributed by atoms with Crippen LogP contribution in [0.1, 0.15) is 45.3 Å². The van der Waals surface area contributed by atoms with Gasteiger partial charge in [0.1, 0.15) is 11.1 Å². The highest BCUT2D eigenvalue weighted by atomic mass is 35.5. The second-order valence-electron chi connectivity index (χ2n) is 5.31. The van der Waals surface area contributed by atoms with Gasteiger partial charge in [0.25, 0.3) is 0 Å². The lowest BCUT2D eigenvalue weighted by molar-refractivity contribution is -0.134. The first-order valence-electron chi connectivity index (χ1n) is 7.60. The van der Waals surface area contributed by atoms with Crippen molar-refractivity contribution < 1.29 is 14.1 Å². The summed E-state index contributed by atoms with van der Waals surface area (Å²) < 4.78 is 4.88. The zero-order valence-electron chi connectivity index (χ0n) is 13.4. The molecule has 2 amide bonds. The molecule has 1 atom stereocenters. The summed E-state index contributed by atoms with van der Waals surface area (Å²) in [5.74, 6) is 0.413. The van der Waals surface area contributed by atoms with Crippen LogP contribution in [0.25, 0.3) is 0 Å². The first-order chi connectivity index (χ1) is 10.4. The van der Waals surface area contributed by atoms with Gasteiger partial charge in [-0.1, -0.05) is 31.3 Å². The number of rotatable bonds is 9. The molecule has 0 fully saturated rings. The predicted octanol–water partition coefficient (Wildman–Crippen LogP) is 2.96. The quantitative estimate of drug-likeness (QED) is 0.558. The molecule has 0 saturated carbocycles. The molecule has 1 heterocycles. The fourth-order valence-electron chi connectivity index (χ4n) is 2.03. The lowest BCUT2D eigenvalue weighted by atomic mass is 10.2. The highest BCUT2D eigenvalue weighted by Crippen LogP contribution is 2.09. The van der Waals surface area contributed by atoms with Crippen LogP contribution in [-0.2, 0) is 9.59 Å². The highest BCUT2D eigenvalue weighted by molar-refractivity contribution is 6.30. The van der Waals surface area contributed by atoms with Gasteiger partial charge in [-0.2, -0.15) is 0 Å². The summed E-state index contributed by atoms with van der Waals surface area (Å²) >= 11 is 5.86.